The van der Waals surface area contributed by atoms with Crippen LogP contribution in [0.25, 0.3) is 0 Å². The highest BCUT2D eigenvalue weighted by molar-refractivity contribution is 5.09. The first kappa shape index (κ1) is 10.8. The van der Waals surface area contributed by atoms with Gasteiger partial charge in [0.15, 0.2) is 0 Å². The molecule has 0 amide bonds. The molecule has 14 heavy (non-hydrogen) atoms. The lowest BCUT2D eigenvalue weighted by Gasteiger charge is -1.86. The fourth-order valence-corrected chi connectivity index (χ4v) is 1.21. The van der Waals surface area contributed by atoms with E-state index in [2.05, 4.69) is 60.8 Å². The van der Waals surface area contributed by atoms with E-state index in [1.54, 1.807) is 0 Å². The third-order valence-electron chi connectivity index (χ3n) is 1.98. The quantitative estimate of drug-likeness (QED) is 0.494. The first-order valence-electron chi connectivity index (χ1n) is 5.28. The number of hydrogen-bond donors (Lipinski definition) is 0. The Morgan fingerprint density at radius 2 is 0.857 bits per heavy atom. The molecular weight excluding hydrogens is 168 g/mol. The van der Waals surface area contributed by atoms with Gasteiger partial charge >= 0.3 is 0 Å². The van der Waals surface area contributed by atoms with Gasteiger partial charge in [-0.25, -0.2) is 0 Å². The molecule has 0 aromatic heterocycles. The third-order valence-corrected chi connectivity index (χ3v) is 1.98. The van der Waals surface area contributed by atoms with Crippen LogP contribution in [-0.4, -0.2) is 0 Å². The zero-order valence-corrected chi connectivity index (χ0v) is 8.60. The summed E-state index contributed by atoms with van der Waals surface area (Å²) in [4.78, 5) is 0. The van der Waals surface area contributed by atoms with Crippen LogP contribution in [0.2, 0.25) is 0 Å². The molecule has 1 aliphatic rings. The van der Waals surface area contributed by atoms with Crippen molar-refractivity contribution in [1.82, 2.24) is 0 Å². The van der Waals surface area contributed by atoms with Gasteiger partial charge in [0.2, 0.25) is 0 Å². The van der Waals surface area contributed by atoms with Crippen molar-refractivity contribution in [2.45, 2.75) is 25.7 Å². The van der Waals surface area contributed by atoms with Gasteiger partial charge in [0.25, 0.3) is 0 Å². The number of allylic oxidation sites excluding steroid dienone is 10. The van der Waals surface area contributed by atoms with Crippen LogP contribution in [0.3, 0.4) is 0 Å². The van der Waals surface area contributed by atoms with Crippen LogP contribution in [-0.2, 0) is 0 Å². The Balaban J connectivity index is 2.45. The van der Waals surface area contributed by atoms with E-state index in [1.807, 2.05) is 0 Å². The first-order chi connectivity index (χ1) is 7.00. The smallest absolute Gasteiger partial charge is 0.0166 e. The Morgan fingerprint density at radius 1 is 0.429 bits per heavy atom. The summed E-state index contributed by atoms with van der Waals surface area (Å²) >= 11 is 0. The van der Waals surface area contributed by atoms with Crippen molar-refractivity contribution >= 4 is 0 Å². The van der Waals surface area contributed by atoms with Crippen LogP contribution in [0.5, 0.6) is 0 Å². The summed E-state index contributed by atoms with van der Waals surface area (Å²) in [7, 11) is 0. The Hall–Kier alpha value is -1.30. The van der Waals surface area contributed by atoms with Crippen molar-refractivity contribution in [2.75, 3.05) is 0 Å². The summed E-state index contributed by atoms with van der Waals surface area (Å²) in [6.45, 7) is 0. The maximum atomic E-state index is 2.21. The maximum Gasteiger partial charge on any atom is -0.0166 e. The van der Waals surface area contributed by atoms with E-state index >= 15 is 0 Å². The first-order valence-corrected chi connectivity index (χ1v) is 5.28. The standard InChI is InChI=1S/C14H18/c1-2-4-6-8-10-12-14-13-11-9-7-5-3-1/h1-4,7,9-10,12-14H,5-6,8,11H2/b3-1-,4-2+,9-7+,12-10-,14-13+. The minimum absolute atomic E-state index is 1.04. The van der Waals surface area contributed by atoms with E-state index in [9.17, 15) is 0 Å². The van der Waals surface area contributed by atoms with E-state index < -0.39 is 0 Å². The SMILES string of the molecule is C1=C\CC/C=C/C=C\C/C=C/C/C=C/1. The minimum Gasteiger partial charge on any atom is -0.0844 e. The lowest BCUT2D eigenvalue weighted by Crippen LogP contribution is -1.65. The Bertz CT molecular complexity index is 234. The second kappa shape index (κ2) is 8.31. The molecule has 0 saturated heterocycles. The lowest BCUT2D eigenvalue weighted by atomic mass is 10.2. The third kappa shape index (κ3) is 6.24. The van der Waals surface area contributed by atoms with E-state index in [0.717, 1.165) is 25.7 Å². The van der Waals surface area contributed by atoms with Crippen molar-refractivity contribution in [3.05, 3.63) is 60.8 Å². The molecule has 0 nitrogen and oxygen atoms in total. The molecule has 0 fully saturated rings. The molecule has 0 aromatic rings. The van der Waals surface area contributed by atoms with Crippen LogP contribution in [0, 0.1) is 0 Å². The monoisotopic (exact) mass is 186 g/mol. The van der Waals surface area contributed by atoms with E-state index in [4.69, 9.17) is 0 Å². The van der Waals surface area contributed by atoms with Crippen LogP contribution >= 0.6 is 0 Å². The normalized spacial score (nSPS) is 29.7. The van der Waals surface area contributed by atoms with Gasteiger partial charge in [-0.1, -0.05) is 60.8 Å². The highest BCUT2D eigenvalue weighted by Crippen LogP contribution is 1.97. The van der Waals surface area contributed by atoms with Gasteiger partial charge in [-0.15, -0.1) is 0 Å². The summed E-state index contributed by atoms with van der Waals surface area (Å²) in [5, 5.41) is 0. The second-order valence-electron chi connectivity index (χ2n) is 3.23. The Morgan fingerprint density at radius 3 is 1.36 bits per heavy atom. The molecule has 74 valence electrons. The van der Waals surface area contributed by atoms with E-state index in [1.165, 1.54) is 0 Å². The van der Waals surface area contributed by atoms with Crippen LogP contribution < -0.4 is 0 Å². The molecule has 0 heteroatoms. The van der Waals surface area contributed by atoms with Gasteiger partial charge in [0.05, 0.1) is 0 Å². The van der Waals surface area contributed by atoms with Gasteiger partial charge < -0.3 is 0 Å². The van der Waals surface area contributed by atoms with Gasteiger partial charge in [-0.05, 0) is 25.7 Å². The van der Waals surface area contributed by atoms with Gasteiger partial charge in [0.1, 0.15) is 0 Å². The van der Waals surface area contributed by atoms with Crippen molar-refractivity contribution in [1.29, 1.82) is 0 Å². The predicted molar refractivity (Wildman–Crippen MR) is 64.2 cm³/mol. The zero-order chi connectivity index (χ0) is 9.90. The van der Waals surface area contributed by atoms with Crippen molar-refractivity contribution < 1.29 is 0 Å². The summed E-state index contributed by atoms with van der Waals surface area (Å²) in [5.41, 5.74) is 0. The molecule has 0 N–H and O–H groups in total. The minimum atomic E-state index is 1.04. The fraction of sp³-hybridized carbons (Fsp3) is 0.286. The molecule has 0 spiro atoms. The average Bonchev–Trinajstić information content (AvgIpc) is 2.22. The molecule has 0 aromatic carbocycles. The molecule has 0 saturated carbocycles. The highest BCUT2D eigenvalue weighted by Gasteiger charge is 1.76. The molecule has 1 rings (SSSR count). The number of hydrogen-bond acceptors (Lipinski definition) is 0. The predicted octanol–water partition coefficient (Wildman–Crippen LogP) is 4.34. The Kier molecular flexibility index (Phi) is 6.39. The maximum absolute atomic E-state index is 2.21. The van der Waals surface area contributed by atoms with Crippen molar-refractivity contribution in [2.24, 2.45) is 0 Å². The molecule has 0 bridgehead atoms. The summed E-state index contributed by atoms with van der Waals surface area (Å²) < 4.78 is 0. The van der Waals surface area contributed by atoms with Crippen LogP contribution in [0.4, 0.5) is 0 Å². The topological polar surface area (TPSA) is 0 Å². The molecule has 0 unspecified atom stereocenters. The molecule has 0 heterocycles. The Labute approximate surface area is 87.0 Å². The van der Waals surface area contributed by atoms with Crippen LogP contribution in [0.15, 0.2) is 60.8 Å². The van der Waals surface area contributed by atoms with Gasteiger partial charge in [0, 0.05) is 0 Å². The molecular formula is C14H18. The van der Waals surface area contributed by atoms with Crippen molar-refractivity contribution in [3.8, 4) is 0 Å². The van der Waals surface area contributed by atoms with Gasteiger partial charge in [-0.2, -0.15) is 0 Å². The number of rotatable bonds is 0. The lowest BCUT2D eigenvalue weighted by molar-refractivity contribution is 1.05. The largest absolute Gasteiger partial charge is 0.0844 e. The van der Waals surface area contributed by atoms with E-state index in [-0.39, 0.29) is 0 Å². The second-order valence-corrected chi connectivity index (χ2v) is 3.23. The molecule has 0 atom stereocenters. The fourth-order valence-electron chi connectivity index (χ4n) is 1.21. The van der Waals surface area contributed by atoms with E-state index in [0.29, 0.717) is 0 Å². The molecule has 1 aliphatic carbocycles. The summed E-state index contributed by atoms with van der Waals surface area (Å²) in [6, 6.07) is 0. The van der Waals surface area contributed by atoms with Gasteiger partial charge in [-0.3, -0.25) is 0 Å². The van der Waals surface area contributed by atoms with Crippen LogP contribution in [0.1, 0.15) is 25.7 Å². The summed E-state index contributed by atoms with van der Waals surface area (Å²) in [6.07, 6.45) is 26.0. The zero-order valence-electron chi connectivity index (χ0n) is 8.60. The highest BCUT2D eigenvalue weighted by atomic mass is 13.8. The molecule has 0 radical (unpaired) electrons. The molecule has 0 aliphatic heterocycles. The summed E-state index contributed by atoms with van der Waals surface area (Å²) in [5.74, 6) is 0. The van der Waals surface area contributed by atoms with Crippen molar-refractivity contribution in [3.63, 3.8) is 0 Å². The average molecular weight is 186 g/mol.